The van der Waals surface area contributed by atoms with Gasteiger partial charge in [0.05, 0.1) is 6.54 Å². The van der Waals surface area contributed by atoms with Crippen molar-refractivity contribution in [2.24, 2.45) is 0 Å². The highest BCUT2D eigenvalue weighted by atomic mass is 16.4. The van der Waals surface area contributed by atoms with Gasteiger partial charge in [0.15, 0.2) is 5.69 Å². The molecular formula is C19H24N2O3. The summed E-state index contributed by atoms with van der Waals surface area (Å²) in [4.78, 5) is 17.5. The Bertz CT molecular complexity index is 668. The van der Waals surface area contributed by atoms with E-state index >= 15 is 0 Å². The highest BCUT2D eigenvalue weighted by Gasteiger charge is 2.28. The lowest BCUT2D eigenvalue weighted by molar-refractivity contribution is 0.0690. The Morgan fingerprint density at radius 1 is 1.33 bits per heavy atom. The van der Waals surface area contributed by atoms with Crippen molar-refractivity contribution in [3.8, 4) is 0 Å². The van der Waals surface area contributed by atoms with Gasteiger partial charge >= 0.3 is 5.97 Å². The van der Waals surface area contributed by atoms with Crippen LogP contribution in [0.5, 0.6) is 0 Å². The molecule has 1 fully saturated rings. The summed E-state index contributed by atoms with van der Waals surface area (Å²) >= 11 is 0. The molecule has 1 N–H and O–H groups in total. The number of hydrogen-bond donors (Lipinski definition) is 1. The zero-order valence-corrected chi connectivity index (χ0v) is 14.0. The monoisotopic (exact) mass is 328 g/mol. The van der Waals surface area contributed by atoms with Gasteiger partial charge in [-0.3, -0.25) is 4.90 Å². The quantitative estimate of drug-likeness (QED) is 0.901. The Morgan fingerprint density at radius 3 is 2.83 bits per heavy atom. The molecule has 0 spiro atoms. The average Bonchev–Trinajstić information content (AvgIpc) is 2.94. The Morgan fingerprint density at radius 2 is 2.12 bits per heavy atom. The van der Waals surface area contributed by atoms with Gasteiger partial charge in [-0.15, -0.1) is 0 Å². The Balaban J connectivity index is 1.78. The van der Waals surface area contributed by atoms with Gasteiger partial charge in [-0.25, -0.2) is 9.78 Å². The van der Waals surface area contributed by atoms with Crippen molar-refractivity contribution in [1.82, 2.24) is 9.88 Å². The maximum atomic E-state index is 11.0. The fraction of sp³-hybridized carbons (Fsp3) is 0.474. The molecular weight excluding hydrogens is 304 g/mol. The lowest BCUT2D eigenvalue weighted by Crippen LogP contribution is -2.38. The summed E-state index contributed by atoms with van der Waals surface area (Å²) in [5, 5.41) is 9.00. The Kier molecular flexibility index (Phi) is 5.30. The number of carboxylic acids is 1. The van der Waals surface area contributed by atoms with Gasteiger partial charge in [0, 0.05) is 6.04 Å². The summed E-state index contributed by atoms with van der Waals surface area (Å²) in [6.07, 6.45) is 5.99. The largest absolute Gasteiger partial charge is 0.476 e. The van der Waals surface area contributed by atoms with Crippen molar-refractivity contribution < 1.29 is 14.3 Å². The molecule has 0 bridgehead atoms. The third kappa shape index (κ3) is 3.85. The van der Waals surface area contributed by atoms with Crippen molar-refractivity contribution in [3.63, 3.8) is 0 Å². The highest BCUT2D eigenvalue weighted by Crippen LogP contribution is 2.30. The molecule has 0 aliphatic carbocycles. The molecule has 2 atom stereocenters. The maximum absolute atomic E-state index is 11.0. The molecule has 1 aliphatic heterocycles. The van der Waals surface area contributed by atoms with Crippen LogP contribution in [0.4, 0.5) is 0 Å². The first-order valence-electron chi connectivity index (χ1n) is 8.62. The molecule has 2 aromatic rings. The second-order valence-corrected chi connectivity index (χ2v) is 6.52. The van der Waals surface area contributed by atoms with E-state index in [4.69, 9.17) is 9.52 Å². The molecule has 2 unspecified atom stereocenters. The fourth-order valence-corrected chi connectivity index (χ4v) is 3.59. The van der Waals surface area contributed by atoms with E-state index in [1.807, 2.05) is 6.07 Å². The molecule has 5 heteroatoms. The number of benzene rings is 1. The topological polar surface area (TPSA) is 66.6 Å². The van der Waals surface area contributed by atoms with E-state index in [0.29, 0.717) is 24.4 Å². The highest BCUT2D eigenvalue weighted by molar-refractivity contribution is 5.84. The predicted octanol–water partition coefficient (Wildman–Crippen LogP) is 3.92. The second-order valence-electron chi connectivity index (χ2n) is 6.52. The zero-order valence-electron chi connectivity index (χ0n) is 14.0. The number of hydrogen-bond acceptors (Lipinski definition) is 4. The van der Waals surface area contributed by atoms with Gasteiger partial charge in [-0.1, -0.05) is 50.1 Å². The molecule has 24 heavy (non-hydrogen) atoms. The van der Waals surface area contributed by atoms with Crippen LogP contribution in [0.2, 0.25) is 0 Å². The summed E-state index contributed by atoms with van der Waals surface area (Å²) < 4.78 is 5.37. The van der Waals surface area contributed by atoms with Crippen LogP contribution in [0.15, 0.2) is 41.0 Å². The first-order valence-corrected chi connectivity index (χ1v) is 8.62. The van der Waals surface area contributed by atoms with Crippen LogP contribution >= 0.6 is 0 Å². The van der Waals surface area contributed by atoms with Gasteiger partial charge in [-0.2, -0.15) is 0 Å². The summed E-state index contributed by atoms with van der Waals surface area (Å²) in [6, 6.07) is 11.0. The zero-order chi connectivity index (χ0) is 16.9. The molecule has 1 aliphatic rings. The first-order chi connectivity index (χ1) is 11.6. The summed E-state index contributed by atoms with van der Waals surface area (Å²) in [6.45, 7) is 3.83. The van der Waals surface area contributed by atoms with Crippen LogP contribution in [0.25, 0.3) is 0 Å². The number of nitrogens with zero attached hydrogens (tertiary/aromatic N) is 2. The van der Waals surface area contributed by atoms with E-state index in [1.54, 1.807) is 0 Å². The van der Waals surface area contributed by atoms with Crippen LogP contribution in [0.3, 0.4) is 0 Å². The van der Waals surface area contributed by atoms with Crippen LogP contribution < -0.4 is 0 Å². The standard InChI is InChI=1S/C19H24N2O3/c1-14(15-8-4-2-5-9-15)17-10-6-3-7-11-21(17)12-18-20-16(13-24-18)19(22)23/h2,4-5,8-9,13-14,17H,3,6-7,10-12H2,1H3,(H,22,23). The lowest BCUT2D eigenvalue weighted by Gasteiger charge is -2.33. The number of rotatable bonds is 5. The minimum Gasteiger partial charge on any atom is -0.476 e. The van der Waals surface area contributed by atoms with E-state index in [2.05, 4.69) is 41.1 Å². The third-order valence-corrected chi connectivity index (χ3v) is 4.93. The molecule has 1 aromatic heterocycles. The summed E-state index contributed by atoms with van der Waals surface area (Å²) in [5.41, 5.74) is 1.32. The van der Waals surface area contributed by atoms with E-state index in [-0.39, 0.29) is 5.69 Å². The van der Waals surface area contributed by atoms with Crippen LogP contribution in [-0.4, -0.2) is 33.5 Å². The maximum Gasteiger partial charge on any atom is 0.357 e. The van der Waals surface area contributed by atoms with E-state index < -0.39 is 5.97 Å². The van der Waals surface area contributed by atoms with Crippen LogP contribution in [0, 0.1) is 0 Å². The molecule has 1 aromatic carbocycles. The number of aromatic carboxylic acids is 1. The second kappa shape index (κ2) is 7.62. The molecule has 2 heterocycles. The van der Waals surface area contributed by atoms with Crippen molar-refractivity contribution >= 4 is 5.97 Å². The van der Waals surface area contributed by atoms with E-state index in [9.17, 15) is 4.79 Å². The van der Waals surface area contributed by atoms with E-state index in [0.717, 1.165) is 19.4 Å². The van der Waals surface area contributed by atoms with Crippen molar-refractivity contribution in [3.05, 3.63) is 53.7 Å². The number of oxazole rings is 1. The average molecular weight is 328 g/mol. The minimum atomic E-state index is -1.05. The summed E-state index contributed by atoms with van der Waals surface area (Å²) in [5.74, 6) is -0.146. The number of carbonyl (C=O) groups is 1. The van der Waals surface area contributed by atoms with Crippen molar-refractivity contribution in [2.75, 3.05) is 6.54 Å². The van der Waals surface area contributed by atoms with Crippen LogP contribution in [0.1, 0.15) is 60.5 Å². The number of aromatic nitrogens is 1. The smallest absolute Gasteiger partial charge is 0.357 e. The normalized spacial score (nSPS) is 20.5. The number of carboxylic acid groups (broad SMARTS) is 1. The molecule has 0 amide bonds. The molecule has 0 saturated carbocycles. The van der Waals surface area contributed by atoms with Crippen LogP contribution in [-0.2, 0) is 6.54 Å². The summed E-state index contributed by atoms with van der Waals surface area (Å²) in [7, 11) is 0. The van der Waals surface area contributed by atoms with Gasteiger partial charge in [0.1, 0.15) is 6.26 Å². The minimum absolute atomic E-state index is 0.0209. The number of likely N-dealkylation sites (tertiary alicyclic amines) is 1. The molecule has 3 rings (SSSR count). The molecule has 128 valence electrons. The van der Waals surface area contributed by atoms with Gasteiger partial charge in [0.25, 0.3) is 0 Å². The van der Waals surface area contributed by atoms with Crippen molar-refractivity contribution in [1.29, 1.82) is 0 Å². The lowest BCUT2D eigenvalue weighted by atomic mass is 9.89. The molecule has 5 nitrogen and oxygen atoms in total. The van der Waals surface area contributed by atoms with Gasteiger partial charge < -0.3 is 9.52 Å². The van der Waals surface area contributed by atoms with Gasteiger partial charge in [-0.05, 0) is 30.9 Å². The Hall–Kier alpha value is -2.14. The van der Waals surface area contributed by atoms with Crippen molar-refractivity contribution in [2.45, 2.75) is 51.1 Å². The SMILES string of the molecule is CC(c1ccccc1)C1CCCCCN1Cc1nc(C(=O)O)co1. The van der Waals surface area contributed by atoms with E-state index in [1.165, 1.54) is 24.7 Å². The van der Waals surface area contributed by atoms with Gasteiger partial charge in [0.2, 0.25) is 5.89 Å². The molecule has 1 saturated heterocycles. The third-order valence-electron chi connectivity index (χ3n) is 4.93. The Labute approximate surface area is 142 Å². The fourth-order valence-electron chi connectivity index (χ4n) is 3.59. The predicted molar refractivity (Wildman–Crippen MR) is 91.0 cm³/mol. The first kappa shape index (κ1) is 16.7. The molecule has 0 radical (unpaired) electrons.